The molecule has 3 nitrogen and oxygen atoms in total. The molecule has 0 aliphatic heterocycles. The maximum absolute atomic E-state index is 5.00. The Kier molecular flexibility index (Phi) is 7.45. The van der Waals surface area contributed by atoms with Gasteiger partial charge in [0.05, 0.1) is 0 Å². The van der Waals surface area contributed by atoms with E-state index in [0.717, 1.165) is 16.7 Å². The lowest BCUT2D eigenvalue weighted by Crippen LogP contribution is -1.99. The Labute approximate surface area is 339 Å². The summed E-state index contributed by atoms with van der Waals surface area (Å²) in [6, 6.07) is 63.2. The third kappa shape index (κ3) is 5.41. The lowest BCUT2D eigenvalue weighted by atomic mass is 9.94. The van der Waals surface area contributed by atoms with Crippen LogP contribution in [0.15, 0.2) is 176 Å². The highest BCUT2D eigenvalue weighted by Gasteiger charge is 2.19. The van der Waals surface area contributed by atoms with Gasteiger partial charge in [0.15, 0.2) is 17.5 Å². The quantitative estimate of drug-likeness (QED) is 0.175. The van der Waals surface area contributed by atoms with E-state index < -0.39 is 0 Å². The Morgan fingerprint density at radius 3 is 1.46 bits per heavy atom. The van der Waals surface area contributed by atoms with Crippen molar-refractivity contribution in [1.82, 2.24) is 15.0 Å². The zero-order chi connectivity index (χ0) is 37.5. The van der Waals surface area contributed by atoms with Gasteiger partial charge in [-0.15, -0.1) is 34.0 Å². The molecule has 4 heterocycles. The van der Waals surface area contributed by atoms with Crippen LogP contribution in [0.4, 0.5) is 0 Å². The molecule has 0 aliphatic carbocycles. The van der Waals surface area contributed by atoms with Gasteiger partial charge in [0.25, 0.3) is 0 Å². The standard InChI is InChI=1S/C51H29N3S3/c1-3-11-30(12-4-1)49-52-50(31-13-5-2-6-14-31)54-51(53-49)34-20-23-39-38-22-19-33(28-45(38)56-46(39)29-34)35-24-25-36(48-47(35)40-16-8-10-18-43(40)57-48)32-21-26-44-41(27-32)37-15-7-9-17-42(37)55-44/h1-29H. The smallest absolute Gasteiger partial charge is 0.164 e. The number of rotatable bonds is 5. The van der Waals surface area contributed by atoms with Crippen LogP contribution in [0.1, 0.15) is 0 Å². The van der Waals surface area contributed by atoms with Crippen molar-refractivity contribution >= 4 is 94.5 Å². The second kappa shape index (κ2) is 13.0. The first-order valence-electron chi connectivity index (χ1n) is 18.9. The fourth-order valence-corrected chi connectivity index (χ4v) is 11.7. The minimum absolute atomic E-state index is 0.666. The van der Waals surface area contributed by atoms with E-state index in [4.69, 9.17) is 15.0 Å². The number of thiophene rings is 3. The molecule has 0 spiro atoms. The second-order valence-electron chi connectivity index (χ2n) is 14.3. The van der Waals surface area contributed by atoms with Gasteiger partial charge in [0.2, 0.25) is 0 Å². The molecule has 57 heavy (non-hydrogen) atoms. The highest BCUT2D eigenvalue weighted by Crippen LogP contribution is 2.47. The Hall–Kier alpha value is -6.57. The van der Waals surface area contributed by atoms with E-state index in [0.29, 0.717) is 17.5 Å². The van der Waals surface area contributed by atoms with Crippen LogP contribution in [0, 0.1) is 0 Å². The van der Waals surface area contributed by atoms with Crippen LogP contribution in [-0.4, -0.2) is 15.0 Å². The number of fused-ring (bicyclic) bond motifs is 9. The van der Waals surface area contributed by atoms with Gasteiger partial charge in [-0.25, -0.2) is 15.0 Å². The first kappa shape index (κ1) is 32.7. The average molecular weight is 780 g/mol. The zero-order valence-electron chi connectivity index (χ0n) is 30.3. The van der Waals surface area contributed by atoms with Crippen LogP contribution < -0.4 is 0 Å². The van der Waals surface area contributed by atoms with E-state index in [2.05, 4.69) is 115 Å². The summed E-state index contributed by atoms with van der Waals surface area (Å²) in [6.45, 7) is 0. The van der Waals surface area contributed by atoms with Crippen LogP contribution in [0.5, 0.6) is 0 Å². The summed E-state index contributed by atoms with van der Waals surface area (Å²) in [5.74, 6) is 2.00. The van der Waals surface area contributed by atoms with E-state index in [9.17, 15) is 0 Å². The molecule has 0 N–H and O–H groups in total. The summed E-state index contributed by atoms with van der Waals surface area (Å²) in [5.41, 5.74) is 7.94. The number of nitrogens with zero attached hydrogens (tertiary/aromatic N) is 3. The lowest BCUT2D eigenvalue weighted by molar-refractivity contribution is 1.07. The lowest BCUT2D eigenvalue weighted by Gasteiger charge is -2.10. The van der Waals surface area contributed by atoms with E-state index in [1.807, 2.05) is 94.7 Å². The molecule has 0 aliphatic rings. The topological polar surface area (TPSA) is 38.7 Å². The molecule has 0 saturated carbocycles. The van der Waals surface area contributed by atoms with Crippen molar-refractivity contribution in [1.29, 1.82) is 0 Å². The fraction of sp³-hybridized carbons (Fsp3) is 0. The zero-order valence-corrected chi connectivity index (χ0v) is 32.8. The van der Waals surface area contributed by atoms with Crippen LogP contribution >= 0.6 is 34.0 Å². The van der Waals surface area contributed by atoms with Gasteiger partial charge in [-0.05, 0) is 58.7 Å². The molecule has 0 bridgehead atoms. The molecule has 0 saturated heterocycles. The minimum Gasteiger partial charge on any atom is -0.208 e. The predicted octanol–water partition coefficient (Wildman–Crippen LogP) is 15.3. The average Bonchev–Trinajstić information content (AvgIpc) is 3.97. The van der Waals surface area contributed by atoms with Crippen molar-refractivity contribution in [2.24, 2.45) is 0 Å². The highest BCUT2D eigenvalue weighted by atomic mass is 32.1. The molecule has 266 valence electrons. The number of benzene rings is 8. The molecule has 0 unspecified atom stereocenters. The van der Waals surface area contributed by atoms with Crippen molar-refractivity contribution in [2.45, 2.75) is 0 Å². The third-order valence-electron chi connectivity index (χ3n) is 11.0. The van der Waals surface area contributed by atoms with Gasteiger partial charge >= 0.3 is 0 Å². The van der Waals surface area contributed by atoms with Crippen LogP contribution in [0.3, 0.4) is 0 Å². The molecule has 0 fully saturated rings. The molecule has 4 aromatic heterocycles. The van der Waals surface area contributed by atoms with E-state index in [1.165, 1.54) is 82.8 Å². The maximum atomic E-state index is 5.00. The maximum Gasteiger partial charge on any atom is 0.164 e. The van der Waals surface area contributed by atoms with Crippen LogP contribution in [-0.2, 0) is 0 Å². The Bertz CT molecular complexity index is 3470. The third-order valence-corrected chi connectivity index (χ3v) is 14.4. The summed E-state index contributed by atoms with van der Waals surface area (Å²) in [4.78, 5) is 14.9. The monoisotopic (exact) mass is 779 g/mol. The van der Waals surface area contributed by atoms with Gasteiger partial charge in [0, 0.05) is 77.2 Å². The minimum atomic E-state index is 0.666. The van der Waals surface area contributed by atoms with Crippen molar-refractivity contribution < 1.29 is 0 Å². The van der Waals surface area contributed by atoms with Gasteiger partial charge in [0.1, 0.15) is 0 Å². The summed E-state index contributed by atoms with van der Waals surface area (Å²) >= 11 is 5.59. The molecule has 6 heteroatoms. The Balaban J connectivity index is 0.986. The van der Waals surface area contributed by atoms with Gasteiger partial charge in [-0.1, -0.05) is 140 Å². The van der Waals surface area contributed by atoms with Crippen molar-refractivity contribution in [3.8, 4) is 56.4 Å². The molecule has 0 atom stereocenters. The van der Waals surface area contributed by atoms with Gasteiger partial charge in [-0.3, -0.25) is 0 Å². The second-order valence-corrected chi connectivity index (χ2v) is 17.6. The van der Waals surface area contributed by atoms with Gasteiger partial charge in [-0.2, -0.15) is 0 Å². The molecule has 0 amide bonds. The van der Waals surface area contributed by atoms with Crippen LogP contribution in [0.2, 0.25) is 0 Å². The van der Waals surface area contributed by atoms with E-state index >= 15 is 0 Å². The van der Waals surface area contributed by atoms with E-state index in [1.54, 1.807) is 0 Å². The van der Waals surface area contributed by atoms with Crippen molar-refractivity contribution in [3.05, 3.63) is 176 Å². The van der Waals surface area contributed by atoms with E-state index in [-0.39, 0.29) is 0 Å². The van der Waals surface area contributed by atoms with Gasteiger partial charge < -0.3 is 0 Å². The molecule has 12 rings (SSSR count). The number of hydrogen-bond acceptors (Lipinski definition) is 6. The highest BCUT2D eigenvalue weighted by molar-refractivity contribution is 7.27. The first-order chi connectivity index (χ1) is 28.2. The molecule has 8 aromatic carbocycles. The van der Waals surface area contributed by atoms with Crippen molar-refractivity contribution in [2.75, 3.05) is 0 Å². The van der Waals surface area contributed by atoms with Crippen molar-refractivity contribution in [3.63, 3.8) is 0 Å². The first-order valence-corrected chi connectivity index (χ1v) is 21.4. The summed E-state index contributed by atoms with van der Waals surface area (Å²) in [5, 5.41) is 7.78. The van der Waals surface area contributed by atoms with Crippen LogP contribution in [0.25, 0.3) is 117 Å². The largest absolute Gasteiger partial charge is 0.208 e. The molecular weight excluding hydrogens is 751 g/mol. The summed E-state index contributed by atoms with van der Waals surface area (Å²) < 4.78 is 7.77. The molecular formula is C51H29N3S3. The summed E-state index contributed by atoms with van der Waals surface area (Å²) in [6.07, 6.45) is 0. The molecule has 12 aromatic rings. The fourth-order valence-electron chi connectivity index (χ4n) is 8.21. The Morgan fingerprint density at radius 2 is 0.754 bits per heavy atom. The Morgan fingerprint density at radius 1 is 0.281 bits per heavy atom. The normalized spacial score (nSPS) is 11.9. The number of hydrogen-bond donors (Lipinski definition) is 0. The summed E-state index contributed by atoms with van der Waals surface area (Å²) in [7, 11) is 0. The number of aromatic nitrogens is 3. The SMILES string of the molecule is c1ccc(-c2nc(-c3ccccc3)nc(-c3ccc4c(c3)sc3cc(-c5ccc(-c6ccc7sc8ccccc8c7c6)c6sc7ccccc7c56)ccc34)n2)cc1. The molecule has 0 radical (unpaired) electrons. The predicted molar refractivity (Wildman–Crippen MR) is 246 cm³/mol.